The van der Waals surface area contributed by atoms with Crippen molar-refractivity contribution in [3.8, 4) is 22.5 Å². The molecule has 1 unspecified atom stereocenters. The van der Waals surface area contributed by atoms with Crippen molar-refractivity contribution in [3.05, 3.63) is 71.3 Å². The van der Waals surface area contributed by atoms with Crippen molar-refractivity contribution in [2.45, 2.75) is 78.4 Å². The van der Waals surface area contributed by atoms with E-state index in [9.17, 15) is 0 Å². The summed E-state index contributed by atoms with van der Waals surface area (Å²) in [5, 5.41) is 7.37. The summed E-state index contributed by atoms with van der Waals surface area (Å²) in [4.78, 5) is 5.18. The van der Waals surface area contributed by atoms with Crippen LogP contribution in [0.15, 0.2) is 54.6 Å². The van der Waals surface area contributed by atoms with E-state index in [0.717, 1.165) is 24.4 Å². The number of benzene rings is 2. The first kappa shape index (κ1) is 22.5. The molecule has 0 saturated heterocycles. The van der Waals surface area contributed by atoms with Crippen LogP contribution in [0.2, 0.25) is 0 Å². The highest BCUT2D eigenvalue weighted by atomic mass is 14.9. The standard InChI is InChI=1S/C29H37N3/c1-19(2)27-22(18-30-29(4,5)6)11-8-12-23(27)25-14-9-15-26(32-25)24-13-7-10-21-17-16-20(3)31-28(21)24/h7-15,19-20,30-31H,16-18H2,1-6H3. The summed E-state index contributed by atoms with van der Waals surface area (Å²) in [6.45, 7) is 14.3. The van der Waals surface area contributed by atoms with Gasteiger partial charge in [-0.1, -0.05) is 56.3 Å². The Hall–Kier alpha value is -2.65. The van der Waals surface area contributed by atoms with Gasteiger partial charge in [0.05, 0.1) is 11.4 Å². The lowest BCUT2D eigenvalue weighted by atomic mass is 9.89. The van der Waals surface area contributed by atoms with Gasteiger partial charge >= 0.3 is 0 Å². The third-order valence-corrected chi connectivity index (χ3v) is 6.27. The quantitative estimate of drug-likeness (QED) is 0.453. The summed E-state index contributed by atoms with van der Waals surface area (Å²) >= 11 is 0. The maximum Gasteiger partial charge on any atom is 0.0730 e. The van der Waals surface area contributed by atoms with E-state index in [2.05, 4.69) is 107 Å². The van der Waals surface area contributed by atoms with E-state index in [-0.39, 0.29) is 5.54 Å². The van der Waals surface area contributed by atoms with Crippen LogP contribution >= 0.6 is 0 Å². The van der Waals surface area contributed by atoms with Gasteiger partial charge in [0.1, 0.15) is 0 Å². The van der Waals surface area contributed by atoms with Gasteiger partial charge in [-0.2, -0.15) is 0 Å². The first-order valence-corrected chi connectivity index (χ1v) is 12.0. The number of nitrogens with zero attached hydrogens (tertiary/aromatic N) is 1. The molecule has 0 spiro atoms. The lowest BCUT2D eigenvalue weighted by molar-refractivity contribution is 0.423. The molecule has 0 aliphatic carbocycles. The SMILES string of the molecule is CC1CCc2cccc(-c3cccc(-c4cccc(CNC(C)(C)C)c4C(C)C)n3)c2N1. The van der Waals surface area contributed by atoms with Crippen molar-refractivity contribution < 1.29 is 0 Å². The molecule has 1 aliphatic heterocycles. The summed E-state index contributed by atoms with van der Waals surface area (Å²) in [5.41, 5.74) is 9.99. The Labute approximate surface area is 193 Å². The van der Waals surface area contributed by atoms with E-state index in [1.165, 1.54) is 39.9 Å². The molecule has 3 heteroatoms. The minimum absolute atomic E-state index is 0.0823. The maximum absolute atomic E-state index is 5.18. The van der Waals surface area contributed by atoms with Crippen LogP contribution in [0.3, 0.4) is 0 Å². The van der Waals surface area contributed by atoms with Gasteiger partial charge in [-0.05, 0) is 75.3 Å². The lowest BCUT2D eigenvalue weighted by Gasteiger charge is -2.26. The van der Waals surface area contributed by atoms with Crippen LogP contribution < -0.4 is 10.6 Å². The van der Waals surface area contributed by atoms with E-state index in [4.69, 9.17) is 4.98 Å². The fourth-order valence-electron chi connectivity index (χ4n) is 4.65. The minimum atomic E-state index is 0.0823. The first-order chi connectivity index (χ1) is 15.2. The predicted octanol–water partition coefficient (Wildman–Crippen LogP) is 7.17. The van der Waals surface area contributed by atoms with Crippen LogP contribution in [0.1, 0.15) is 70.6 Å². The second-order valence-electron chi connectivity index (χ2n) is 10.5. The summed E-state index contributed by atoms with van der Waals surface area (Å²) in [6.07, 6.45) is 2.30. The molecular weight excluding hydrogens is 390 g/mol. The monoisotopic (exact) mass is 427 g/mol. The van der Waals surface area contributed by atoms with Crippen LogP contribution in [0, 0.1) is 0 Å². The van der Waals surface area contributed by atoms with Gasteiger partial charge in [0, 0.05) is 34.9 Å². The van der Waals surface area contributed by atoms with E-state index < -0.39 is 0 Å². The molecule has 0 fully saturated rings. The molecule has 0 bridgehead atoms. The maximum atomic E-state index is 5.18. The molecule has 2 aromatic carbocycles. The summed E-state index contributed by atoms with van der Waals surface area (Å²) in [5.74, 6) is 0.417. The number of pyridine rings is 1. The molecule has 3 nitrogen and oxygen atoms in total. The van der Waals surface area contributed by atoms with Gasteiger partial charge in [-0.25, -0.2) is 4.98 Å². The number of anilines is 1. The van der Waals surface area contributed by atoms with Gasteiger partial charge in [-0.3, -0.25) is 0 Å². The van der Waals surface area contributed by atoms with Gasteiger partial charge in [-0.15, -0.1) is 0 Å². The van der Waals surface area contributed by atoms with Crippen LogP contribution in [0.4, 0.5) is 5.69 Å². The van der Waals surface area contributed by atoms with Crippen LogP contribution in [-0.4, -0.2) is 16.6 Å². The Morgan fingerprint density at radius 3 is 2.34 bits per heavy atom. The summed E-state index contributed by atoms with van der Waals surface area (Å²) in [6, 6.07) is 20.2. The minimum Gasteiger partial charge on any atom is -0.382 e. The topological polar surface area (TPSA) is 37.0 Å². The molecule has 1 aliphatic rings. The Morgan fingerprint density at radius 2 is 1.62 bits per heavy atom. The van der Waals surface area contributed by atoms with E-state index >= 15 is 0 Å². The van der Waals surface area contributed by atoms with Crippen molar-refractivity contribution in [1.82, 2.24) is 10.3 Å². The van der Waals surface area contributed by atoms with Crippen LogP contribution in [-0.2, 0) is 13.0 Å². The van der Waals surface area contributed by atoms with Crippen molar-refractivity contribution in [3.63, 3.8) is 0 Å². The van der Waals surface area contributed by atoms with Crippen LogP contribution in [0.25, 0.3) is 22.5 Å². The Morgan fingerprint density at radius 1 is 0.969 bits per heavy atom. The molecule has 0 amide bonds. The highest BCUT2D eigenvalue weighted by Gasteiger charge is 2.20. The normalized spacial score (nSPS) is 16.0. The number of nitrogens with one attached hydrogen (secondary N) is 2. The number of hydrogen-bond acceptors (Lipinski definition) is 3. The average Bonchev–Trinajstić information content (AvgIpc) is 2.76. The van der Waals surface area contributed by atoms with Crippen molar-refractivity contribution >= 4 is 5.69 Å². The Balaban J connectivity index is 1.77. The van der Waals surface area contributed by atoms with Gasteiger partial charge in [0.15, 0.2) is 0 Å². The van der Waals surface area contributed by atoms with Crippen molar-refractivity contribution in [2.75, 3.05) is 5.32 Å². The zero-order chi connectivity index (χ0) is 22.9. The molecule has 168 valence electrons. The van der Waals surface area contributed by atoms with E-state index in [0.29, 0.717) is 12.0 Å². The highest BCUT2D eigenvalue weighted by molar-refractivity contribution is 5.80. The fourth-order valence-corrected chi connectivity index (χ4v) is 4.65. The number of fused-ring (bicyclic) bond motifs is 1. The molecule has 0 radical (unpaired) electrons. The van der Waals surface area contributed by atoms with E-state index in [1.54, 1.807) is 0 Å². The largest absolute Gasteiger partial charge is 0.382 e. The van der Waals surface area contributed by atoms with Gasteiger partial charge < -0.3 is 10.6 Å². The third-order valence-electron chi connectivity index (χ3n) is 6.27. The number of rotatable bonds is 5. The second-order valence-corrected chi connectivity index (χ2v) is 10.5. The number of hydrogen-bond donors (Lipinski definition) is 2. The molecule has 0 saturated carbocycles. The van der Waals surface area contributed by atoms with Crippen molar-refractivity contribution in [1.29, 1.82) is 0 Å². The lowest BCUT2D eigenvalue weighted by Crippen LogP contribution is -2.35. The molecule has 2 heterocycles. The number of para-hydroxylation sites is 1. The predicted molar refractivity (Wildman–Crippen MR) is 137 cm³/mol. The first-order valence-electron chi connectivity index (χ1n) is 12.0. The zero-order valence-electron chi connectivity index (χ0n) is 20.4. The Kier molecular flexibility index (Phi) is 6.39. The van der Waals surface area contributed by atoms with E-state index in [1.807, 2.05) is 0 Å². The molecule has 4 rings (SSSR count). The second kappa shape index (κ2) is 9.07. The third kappa shape index (κ3) is 4.88. The molecule has 32 heavy (non-hydrogen) atoms. The molecule has 3 aromatic rings. The Bertz CT molecular complexity index is 1090. The van der Waals surface area contributed by atoms with Gasteiger partial charge in [0.2, 0.25) is 0 Å². The zero-order valence-corrected chi connectivity index (χ0v) is 20.4. The smallest absolute Gasteiger partial charge is 0.0730 e. The number of aryl methyl sites for hydroxylation is 1. The van der Waals surface area contributed by atoms with Gasteiger partial charge in [0.25, 0.3) is 0 Å². The molecule has 2 N–H and O–H groups in total. The average molecular weight is 428 g/mol. The van der Waals surface area contributed by atoms with Crippen molar-refractivity contribution in [2.24, 2.45) is 0 Å². The highest BCUT2D eigenvalue weighted by Crippen LogP contribution is 2.37. The summed E-state index contributed by atoms with van der Waals surface area (Å²) < 4.78 is 0. The molecule has 1 atom stereocenters. The number of aromatic nitrogens is 1. The summed E-state index contributed by atoms with van der Waals surface area (Å²) in [7, 11) is 0. The van der Waals surface area contributed by atoms with Crippen LogP contribution in [0.5, 0.6) is 0 Å². The molecule has 1 aromatic heterocycles. The fraction of sp³-hybridized carbons (Fsp3) is 0.414. The molecular formula is C29H37N3.